The molecular weight excluding hydrogens is 281 g/mol. The fraction of sp³-hybridized carbons (Fsp3) is 0.625. The highest BCUT2D eigenvalue weighted by Gasteiger charge is 2.38. The van der Waals surface area contributed by atoms with Crippen LogP contribution in [0.2, 0.25) is 0 Å². The Kier molecular flexibility index (Phi) is 5.82. The van der Waals surface area contributed by atoms with Crippen LogP contribution in [0.1, 0.15) is 56.4 Å². The van der Waals surface area contributed by atoms with E-state index in [1.54, 1.807) is 6.92 Å². The molecule has 0 fully saturated rings. The molecule has 0 aliphatic carbocycles. The van der Waals surface area contributed by atoms with E-state index in [2.05, 4.69) is 0 Å². The number of aliphatic hydroxyl groups is 1. The predicted molar refractivity (Wildman–Crippen MR) is 76.1 cm³/mol. The van der Waals surface area contributed by atoms with Crippen molar-refractivity contribution < 1.29 is 23.0 Å². The van der Waals surface area contributed by atoms with Gasteiger partial charge in [0, 0.05) is 6.61 Å². The molecule has 1 N–H and O–H groups in total. The van der Waals surface area contributed by atoms with Gasteiger partial charge in [-0.25, -0.2) is 0 Å². The van der Waals surface area contributed by atoms with E-state index in [9.17, 15) is 18.3 Å². The first-order chi connectivity index (χ1) is 9.71. The Morgan fingerprint density at radius 1 is 1.14 bits per heavy atom. The molecule has 1 rings (SSSR count). The average Bonchev–Trinajstić information content (AvgIpc) is 2.43. The van der Waals surface area contributed by atoms with Crippen molar-refractivity contribution in [3.8, 4) is 0 Å². The van der Waals surface area contributed by atoms with E-state index in [-0.39, 0.29) is 0 Å². The van der Waals surface area contributed by atoms with E-state index in [1.807, 2.05) is 20.8 Å². The summed E-state index contributed by atoms with van der Waals surface area (Å²) in [5.74, 6) is 0. The Labute approximate surface area is 123 Å². The van der Waals surface area contributed by atoms with Gasteiger partial charge in [0.2, 0.25) is 0 Å². The minimum Gasteiger partial charge on any atom is -0.385 e. The zero-order valence-corrected chi connectivity index (χ0v) is 12.9. The Morgan fingerprint density at radius 2 is 1.71 bits per heavy atom. The van der Waals surface area contributed by atoms with Gasteiger partial charge < -0.3 is 9.84 Å². The predicted octanol–water partition coefficient (Wildman–Crippen LogP) is 4.64. The molecule has 1 aromatic carbocycles. The van der Waals surface area contributed by atoms with Crippen molar-refractivity contribution in [3.05, 3.63) is 34.9 Å². The van der Waals surface area contributed by atoms with Gasteiger partial charge in [0.15, 0.2) is 0 Å². The number of alkyl halides is 3. The van der Waals surface area contributed by atoms with Gasteiger partial charge in [-0.3, -0.25) is 0 Å². The number of hydrogen-bond acceptors (Lipinski definition) is 2. The molecule has 0 aliphatic rings. The standard InChI is InChI=1S/C16H23F3O2/c1-5-15(6-2,21-7-3)14(20)13-9-8-12(10-11(13)4)16(17,18)19/h8-10,14,20H,5-7H2,1-4H3. The van der Waals surface area contributed by atoms with Gasteiger partial charge >= 0.3 is 6.18 Å². The summed E-state index contributed by atoms with van der Waals surface area (Å²) in [6, 6.07) is 3.43. The van der Waals surface area contributed by atoms with Crippen LogP contribution in [0, 0.1) is 6.92 Å². The maximum absolute atomic E-state index is 12.7. The van der Waals surface area contributed by atoms with Crippen LogP contribution in [0.25, 0.3) is 0 Å². The van der Waals surface area contributed by atoms with Gasteiger partial charge in [-0.15, -0.1) is 0 Å². The van der Waals surface area contributed by atoms with Gasteiger partial charge in [0.1, 0.15) is 6.10 Å². The molecule has 5 heteroatoms. The zero-order valence-electron chi connectivity index (χ0n) is 12.9. The van der Waals surface area contributed by atoms with Crippen molar-refractivity contribution in [2.75, 3.05) is 6.61 Å². The van der Waals surface area contributed by atoms with Gasteiger partial charge in [0.25, 0.3) is 0 Å². The first-order valence-electron chi connectivity index (χ1n) is 7.21. The maximum Gasteiger partial charge on any atom is 0.416 e. The van der Waals surface area contributed by atoms with Gasteiger partial charge in [-0.1, -0.05) is 19.9 Å². The van der Waals surface area contributed by atoms with E-state index in [0.717, 1.165) is 12.1 Å². The quantitative estimate of drug-likeness (QED) is 0.829. The van der Waals surface area contributed by atoms with E-state index in [4.69, 9.17) is 4.74 Å². The van der Waals surface area contributed by atoms with Gasteiger partial charge in [0.05, 0.1) is 11.2 Å². The molecule has 0 saturated carbocycles. The fourth-order valence-electron chi connectivity index (χ4n) is 2.65. The average molecular weight is 304 g/mol. The highest BCUT2D eigenvalue weighted by molar-refractivity contribution is 5.35. The molecule has 1 unspecified atom stereocenters. The lowest BCUT2D eigenvalue weighted by Gasteiger charge is -2.37. The van der Waals surface area contributed by atoms with Crippen LogP contribution in [0.5, 0.6) is 0 Å². The summed E-state index contributed by atoms with van der Waals surface area (Å²) in [6.45, 7) is 7.67. The van der Waals surface area contributed by atoms with Crippen molar-refractivity contribution in [1.29, 1.82) is 0 Å². The van der Waals surface area contributed by atoms with Crippen LogP contribution >= 0.6 is 0 Å². The lowest BCUT2D eigenvalue weighted by atomic mass is 9.84. The van der Waals surface area contributed by atoms with Crippen molar-refractivity contribution in [2.45, 2.75) is 58.4 Å². The third-order valence-corrected chi connectivity index (χ3v) is 4.02. The molecule has 2 nitrogen and oxygen atoms in total. The SMILES string of the molecule is CCOC(CC)(CC)C(O)c1ccc(C(F)(F)F)cc1C. The molecular formula is C16H23F3O2. The summed E-state index contributed by atoms with van der Waals surface area (Å²) in [4.78, 5) is 0. The monoisotopic (exact) mass is 304 g/mol. The minimum atomic E-state index is -4.37. The molecule has 0 spiro atoms. The van der Waals surface area contributed by atoms with Crippen molar-refractivity contribution >= 4 is 0 Å². The van der Waals surface area contributed by atoms with Crippen LogP contribution in [-0.4, -0.2) is 17.3 Å². The van der Waals surface area contributed by atoms with Crippen LogP contribution in [0.15, 0.2) is 18.2 Å². The second-order valence-electron chi connectivity index (χ2n) is 5.18. The number of halogens is 3. The number of benzene rings is 1. The van der Waals surface area contributed by atoms with Gasteiger partial charge in [-0.05, 0) is 49.9 Å². The molecule has 0 aromatic heterocycles. The number of aliphatic hydroxyl groups excluding tert-OH is 1. The Bertz CT molecular complexity index is 465. The number of hydrogen-bond donors (Lipinski definition) is 1. The molecule has 0 aliphatic heterocycles. The largest absolute Gasteiger partial charge is 0.416 e. The molecule has 0 amide bonds. The lowest BCUT2D eigenvalue weighted by Crippen LogP contribution is -2.38. The van der Waals surface area contributed by atoms with Crippen LogP contribution in [-0.2, 0) is 10.9 Å². The third kappa shape index (κ3) is 3.77. The molecule has 1 atom stereocenters. The summed E-state index contributed by atoms with van der Waals surface area (Å²) in [5.41, 5.74) is -0.561. The molecule has 0 saturated heterocycles. The number of rotatable bonds is 6. The van der Waals surface area contributed by atoms with Crippen LogP contribution in [0.4, 0.5) is 13.2 Å². The van der Waals surface area contributed by atoms with E-state index in [1.165, 1.54) is 6.07 Å². The molecule has 1 aromatic rings. The molecule has 0 radical (unpaired) electrons. The summed E-state index contributed by atoms with van der Waals surface area (Å²) in [6.07, 6.45) is -4.16. The second kappa shape index (κ2) is 6.79. The minimum absolute atomic E-state index is 0.420. The van der Waals surface area contributed by atoms with E-state index < -0.39 is 23.4 Å². The first-order valence-corrected chi connectivity index (χ1v) is 7.21. The highest BCUT2D eigenvalue weighted by Crippen LogP contribution is 2.38. The zero-order chi connectivity index (χ0) is 16.3. The van der Waals surface area contributed by atoms with Gasteiger partial charge in [-0.2, -0.15) is 13.2 Å². The summed E-state index contributed by atoms with van der Waals surface area (Å²) < 4.78 is 43.8. The van der Waals surface area contributed by atoms with Crippen molar-refractivity contribution in [3.63, 3.8) is 0 Å². The number of aryl methyl sites for hydroxylation is 1. The summed E-state index contributed by atoms with van der Waals surface area (Å²) in [7, 11) is 0. The molecule has 0 heterocycles. The smallest absolute Gasteiger partial charge is 0.385 e. The number of ether oxygens (including phenoxy) is 1. The maximum atomic E-state index is 12.7. The van der Waals surface area contributed by atoms with Crippen LogP contribution < -0.4 is 0 Å². The summed E-state index contributed by atoms with van der Waals surface area (Å²) in [5, 5.41) is 10.6. The second-order valence-corrected chi connectivity index (χ2v) is 5.18. The van der Waals surface area contributed by atoms with Crippen molar-refractivity contribution in [2.24, 2.45) is 0 Å². The van der Waals surface area contributed by atoms with E-state index >= 15 is 0 Å². The van der Waals surface area contributed by atoms with E-state index in [0.29, 0.717) is 30.6 Å². The highest BCUT2D eigenvalue weighted by atomic mass is 19.4. The topological polar surface area (TPSA) is 29.5 Å². The normalized spacial score (nSPS) is 14.3. The van der Waals surface area contributed by atoms with Crippen LogP contribution in [0.3, 0.4) is 0 Å². The summed E-state index contributed by atoms with van der Waals surface area (Å²) >= 11 is 0. The fourth-order valence-corrected chi connectivity index (χ4v) is 2.65. The molecule has 0 bridgehead atoms. The van der Waals surface area contributed by atoms with Crippen molar-refractivity contribution in [1.82, 2.24) is 0 Å². The molecule has 120 valence electrons. The Hall–Kier alpha value is -1.07. The first kappa shape index (κ1) is 18.0. The molecule has 21 heavy (non-hydrogen) atoms. The Morgan fingerprint density at radius 3 is 2.10 bits per heavy atom. The Balaban J connectivity index is 3.20. The lowest BCUT2D eigenvalue weighted by molar-refractivity contribution is -0.137. The third-order valence-electron chi connectivity index (χ3n) is 4.02.